The molecule has 124 valence electrons. The summed E-state index contributed by atoms with van der Waals surface area (Å²) in [5.41, 5.74) is -0.209. The molecule has 1 saturated heterocycles. The highest BCUT2D eigenvalue weighted by atomic mass is 19.1. The van der Waals surface area contributed by atoms with E-state index in [0.29, 0.717) is 17.5 Å². The molecule has 1 aromatic carbocycles. The third-order valence-electron chi connectivity index (χ3n) is 6.02. The number of nitrogens with one attached hydrogen (secondary N) is 2. The molecule has 1 aliphatic heterocycles. The van der Waals surface area contributed by atoms with Crippen molar-refractivity contribution in [2.24, 2.45) is 5.41 Å². The van der Waals surface area contributed by atoms with Crippen LogP contribution in [0.15, 0.2) is 18.2 Å². The summed E-state index contributed by atoms with van der Waals surface area (Å²) >= 11 is 0. The number of benzene rings is 1. The molecule has 0 aromatic heterocycles. The Morgan fingerprint density at radius 3 is 2.70 bits per heavy atom. The summed E-state index contributed by atoms with van der Waals surface area (Å²) in [7, 11) is 1.70. The van der Waals surface area contributed by atoms with Crippen LogP contribution in [0.3, 0.4) is 0 Å². The van der Waals surface area contributed by atoms with Crippen LogP contribution in [0.1, 0.15) is 36.8 Å². The molecule has 2 unspecified atom stereocenters. The summed E-state index contributed by atoms with van der Waals surface area (Å²) < 4.78 is 19.8. The van der Waals surface area contributed by atoms with Gasteiger partial charge in [-0.25, -0.2) is 4.39 Å². The van der Waals surface area contributed by atoms with Crippen molar-refractivity contribution in [3.8, 4) is 0 Å². The van der Waals surface area contributed by atoms with Gasteiger partial charge in [-0.3, -0.25) is 10.1 Å². The van der Waals surface area contributed by atoms with E-state index in [1.54, 1.807) is 19.2 Å². The van der Waals surface area contributed by atoms with Gasteiger partial charge in [-0.05, 0) is 49.3 Å². The van der Waals surface area contributed by atoms with Gasteiger partial charge in [0.1, 0.15) is 11.4 Å². The quantitative estimate of drug-likeness (QED) is 0.726. The molecule has 1 saturated carbocycles. The van der Waals surface area contributed by atoms with Gasteiger partial charge in [0.15, 0.2) is 6.35 Å². The fourth-order valence-electron chi connectivity index (χ4n) is 4.91. The number of hydrogen-bond acceptors (Lipinski definition) is 4. The predicted molar refractivity (Wildman–Crippen MR) is 80.8 cm³/mol. The van der Waals surface area contributed by atoms with Gasteiger partial charge in [0.2, 0.25) is 5.91 Å². The van der Waals surface area contributed by atoms with Gasteiger partial charge in [0, 0.05) is 12.5 Å². The predicted octanol–water partition coefficient (Wildman–Crippen LogP) is 1.15. The smallest absolute Gasteiger partial charge is 0.248 e. The first-order chi connectivity index (χ1) is 11.0. The molecule has 23 heavy (non-hydrogen) atoms. The molecule has 3 aliphatic rings. The number of carbonyl (C=O) groups excluding carboxylic acids is 1. The van der Waals surface area contributed by atoms with E-state index in [4.69, 9.17) is 4.74 Å². The Labute approximate surface area is 134 Å². The van der Waals surface area contributed by atoms with Gasteiger partial charge in [-0.1, -0.05) is 12.1 Å². The van der Waals surface area contributed by atoms with Crippen molar-refractivity contribution in [1.29, 1.82) is 0 Å². The summed E-state index contributed by atoms with van der Waals surface area (Å²) in [5.74, 6) is -0.533. The lowest BCUT2D eigenvalue weighted by Crippen LogP contribution is -2.57. The van der Waals surface area contributed by atoms with E-state index < -0.39 is 17.3 Å². The van der Waals surface area contributed by atoms with Crippen molar-refractivity contribution < 1.29 is 19.0 Å². The third kappa shape index (κ3) is 1.86. The third-order valence-corrected chi connectivity index (χ3v) is 6.02. The van der Waals surface area contributed by atoms with Gasteiger partial charge < -0.3 is 15.2 Å². The highest BCUT2D eigenvalue weighted by Gasteiger charge is 2.66. The summed E-state index contributed by atoms with van der Waals surface area (Å²) in [6.07, 6.45) is 2.77. The van der Waals surface area contributed by atoms with E-state index in [1.165, 1.54) is 6.07 Å². The van der Waals surface area contributed by atoms with Crippen LogP contribution < -0.4 is 10.6 Å². The van der Waals surface area contributed by atoms with Crippen molar-refractivity contribution in [2.75, 3.05) is 7.11 Å². The summed E-state index contributed by atoms with van der Waals surface area (Å²) in [5, 5.41) is 15.6. The maximum Gasteiger partial charge on any atom is 0.248 e. The van der Waals surface area contributed by atoms with Crippen molar-refractivity contribution in [1.82, 2.24) is 10.6 Å². The van der Waals surface area contributed by atoms with Gasteiger partial charge in [-0.2, -0.15) is 0 Å². The SMILES string of the molecule is COC1CCC2(CC1)Cc1c(F)cccc1C21NC(O)NC1=O. The Morgan fingerprint density at radius 1 is 1.35 bits per heavy atom. The zero-order valence-electron chi connectivity index (χ0n) is 13.1. The minimum absolute atomic E-state index is 0.181. The molecule has 0 radical (unpaired) electrons. The first-order valence-corrected chi connectivity index (χ1v) is 8.10. The van der Waals surface area contributed by atoms with Crippen molar-refractivity contribution in [3.05, 3.63) is 35.1 Å². The average Bonchev–Trinajstić information content (AvgIpc) is 2.99. The first kappa shape index (κ1) is 15.1. The lowest BCUT2D eigenvalue weighted by molar-refractivity contribution is -0.131. The number of carbonyl (C=O) groups is 1. The van der Waals surface area contributed by atoms with Gasteiger partial charge in [0.05, 0.1) is 6.10 Å². The molecule has 1 heterocycles. The first-order valence-electron chi connectivity index (χ1n) is 8.10. The topological polar surface area (TPSA) is 70.6 Å². The maximum atomic E-state index is 14.4. The van der Waals surface area contributed by atoms with Gasteiger partial charge in [0.25, 0.3) is 0 Å². The number of aliphatic hydroxyl groups is 1. The largest absolute Gasteiger partial charge is 0.381 e. The van der Waals surface area contributed by atoms with E-state index in [9.17, 15) is 14.3 Å². The van der Waals surface area contributed by atoms with Crippen LogP contribution in [-0.4, -0.2) is 30.6 Å². The standard InChI is InChI=1S/C17H21FN2O3/c1-23-10-5-7-16(8-6-10)9-11-12(3-2-4-13(11)18)17(16)14(21)19-15(22)20-17/h2-4,10,15,20,22H,5-9H2,1H3,(H,19,21). The Bertz CT molecular complexity index is 657. The number of methoxy groups -OCH3 is 1. The zero-order valence-corrected chi connectivity index (χ0v) is 13.1. The second kappa shape index (κ2) is 5.00. The molecule has 6 heteroatoms. The van der Waals surface area contributed by atoms with Crippen molar-refractivity contribution >= 4 is 5.91 Å². The highest BCUT2D eigenvalue weighted by molar-refractivity contribution is 5.92. The highest BCUT2D eigenvalue weighted by Crippen LogP contribution is 2.59. The number of halogens is 1. The molecular formula is C17H21FN2O3. The van der Waals surface area contributed by atoms with Crippen molar-refractivity contribution in [3.63, 3.8) is 0 Å². The maximum absolute atomic E-state index is 14.4. The Hall–Kier alpha value is -1.50. The molecule has 2 atom stereocenters. The van der Waals surface area contributed by atoms with E-state index in [0.717, 1.165) is 25.7 Å². The number of hydrogen-bond donors (Lipinski definition) is 3. The monoisotopic (exact) mass is 320 g/mol. The summed E-state index contributed by atoms with van der Waals surface area (Å²) in [6, 6.07) is 4.88. The van der Waals surface area contributed by atoms with Crippen LogP contribution in [0.2, 0.25) is 0 Å². The molecule has 0 bridgehead atoms. The minimum atomic E-state index is -1.10. The second-order valence-electron chi connectivity index (χ2n) is 6.93. The molecular weight excluding hydrogens is 299 g/mol. The Morgan fingerprint density at radius 2 is 2.09 bits per heavy atom. The molecule has 2 spiro atoms. The molecule has 2 fully saturated rings. The second-order valence-corrected chi connectivity index (χ2v) is 6.93. The number of rotatable bonds is 1. The molecule has 5 nitrogen and oxygen atoms in total. The molecule has 4 rings (SSSR count). The number of aliphatic hydroxyl groups excluding tert-OH is 1. The van der Waals surface area contributed by atoms with Gasteiger partial charge in [-0.15, -0.1) is 0 Å². The number of ether oxygens (including phenoxy) is 1. The van der Waals surface area contributed by atoms with Gasteiger partial charge >= 0.3 is 0 Å². The lowest BCUT2D eigenvalue weighted by Gasteiger charge is -2.46. The van der Waals surface area contributed by atoms with E-state index in [-0.39, 0.29) is 17.8 Å². The number of fused-ring (bicyclic) bond motifs is 3. The van der Waals surface area contributed by atoms with E-state index >= 15 is 0 Å². The van der Waals surface area contributed by atoms with Crippen LogP contribution in [-0.2, 0) is 21.5 Å². The molecule has 1 aromatic rings. The van der Waals surface area contributed by atoms with Crippen molar-refractivity contribution in [2.45, 2.75) is 50.1 Å². The summed E-state index contributed by atoms with van der Waals surface area (Å²) in [6.45, 7) is 0. The van der Waals surface area contributed by atoms with Crippen LogP contribution >= 0.6 is 0 Å². The van der Waals surface area contributed by atoms with Crippen LogP contribution in [0.5, 0.6) is 0 Å². The molecule has 3 N–H and O–H groups in total. The van der Waals surface area contributed by atoms with Crippen LogP contribution in [0, 0.1) is 11.2 Å². The Balaban J connectivity index is 1.85. The normalized spacial score (nSPS) is 39.0. The van der Waals surface area contributed by atoms with Crippen LogP contribution in [0.25, 0.3) is 0 Å². The van der Waals surface area contributed by atoms with E-state index in [1.807, 2.05) is 0 Å². The average molecular weight is 320 g/mol. The van der Waals surface area contributed by atoms with Crippen LogP contribution in [0.4, 0.5) is 4.39 Å². The van der Waals surface area contributed by atoms with E-state index in [2.05, 4.69) is 10.6 Å². The molecule has 2 aliphatic carbocycles. The summed E-state index contributed by atoms with van der Waals surface area (Å²) in [4.78, 5) is 12.8. The lowest BCUT2D eigenvalue weighted by atomic mass is 9.61. The number of amides is 1. The Kier molecular flexibility index (Phi) is 3.27. The molecule has 1 amide bonds. The fraction of sp³-hybridized carbons (Fsp3) is 0.588. The zero-order chi connectivity index (χ0) is 16.2. The minimum Gasteiger partial charge on any atom is -0.381 e. The fourth-order valence-corrected chi connectivity index (χ4v) is 4.91.